The van der Waals surface area contributed by atoms with Crippen molar-refractivity contribution in [1.82, 2.24) is 9.29 Å². The SMILES string of the molecule is O=S(=O)(Cc1ccc(Cl)cc1)N1CCCC(Oc2ccncc2Cl)C1. The molecule has 8 heteroatoms. The van der Waals surface area contributed by atoms with Gasteiger partial charge in [0.2, 0.25) is 10.0 Å². The molecule has 134 valence electrons. The number of pyridine rings is 1. The number of rotatable bonds is 5. The van der Waals surface area contributed by atoms with E-state index >= 15 is 0 Å². The second-order valence-corrected chi connectivity index (χ2v) is 8.74. The Morgan fingerprint density at radius 1 is 1.20 bits per heavy atom. The standard InChI is InChI=1S/C17H18Cl2N2O3S/c18-14-5-3-13(4-6-14)12-25(22,23)21-9-1-2-15(11-21)24-17-7-8-20-10-16(17)19/h3-8,10,15H,1-2,9,11-12H2. The monoisotopic (exact) mass is 400 g/mol. The number of aromatic nitrogens is 1. The molecule has 2 heterocycles. The van der Waals surface area contributed by atoms with Gasteiger partial charge in [0.05, 0.1) is 12.3 Å². The molecule has 1 saturated heterocycles. The van der Waals surface area contributed by atoms with Gasteiger partial charge in [-0.25, -0.2) is 8.42 Å². The van der Waals surface area contributed by atoms with Gasteiger partial charge in [-0.1, -0.05) is 35.3 Å². The molecule has 1 aromatic heterocycles. The highest BCUT2D eigenvalue weighted by Crippen LogP contribution is 2.26. The Labute approximate surface area is 157 Å². The normalized spacial score (nSPS) is 18.9. The summed E-state index contributed by atoms with van der Waals surface area (Å²) in [7, 11) is -3.42. The van der Waals surface area contributed by atoms with Gasteiger partial charge in [-0.15, -0.1) is 0 Å². The summed E-state index contributed by atoms with van der Waals surface area (Å²) in [5.41, 5.74) is 0.713. The summed E-state index contributed by atoms with van der Waals surface area (Å²) in [4.78, 5) is 3.92. The highest BCUT2D eigenvalue weighted by molar-refractivity contribution is 7.88. The predicted molar refractivity (Wildman–Crippen MR) is 98.5 cm³/mol. The van der Waals surface area contributed by atoms with Crippen LogP contribution in [0.15, 0.2) is 42.7 Å². The second-order valence-electron chi connectivity index (χ2n) is 5.93. The van der Waals surface area contributed by atoms with Crippen LogP contribution in [0.4, 0.5) is 0 Å². The van der Waals surface area contributed by atoms with Crippen LogP contribution in [-0.2, 0) is 15.8 Å². The van der Waals surface area contributed by atoms with Gasteiger partial charge >= 0.3 is 0 Å². The zero-order chi connectivity index (χ0) is 17.9. The number of halogens is 2. The number of ether oxygens (including phenoxy) is 1. The van der Waals surface area contributed by atoms with Crippen molar-refractivity contribution in [1.29, 1.82) is 0 Å². The Kier molecular flexibility index (Phi) is 5.84. The highest BCUT2D eigenvalue weighted by Gasteiger charge is 2.30. The van der Waals surface area contributed by atoms with Gasteiger partial charge in [0.25, 0.3) is 0 Å². The van der Waals surface area contributed by atoms with Crippen LogP contribution < -0.4 is 4.74 Å². The second kappa shape index (κ2) is 7.91. The third-order valence-electron chi connectivity index (χ3n) is 4.03. The van der Waals surface area contributed by atoms with E-state index in [-0.39, 0.29) is 11.9 Å². The van der Waals surface area contributed by atoms with E-state index in [1.807, 2.05) is 0 Å². The Morgan fingerprint density at radius 2 is 1.96 bits per heavy atom. The fraction of sp³-hybridized carbons (Fsp3) is 0.353. The summed E-state index contributed by atoms with van der Waals surface area (Å²) in [6.07, 6.45) is 4.40. The maximum atomic E-state index is 12.7. The Bertz CT molecular complexity index is 828. The molecule has 0 spiro atoms. The van der Waals surface area contributed by atoms with E-state index in [4.69, 9.17) is 27.9 Å². The van der Waals surface area contributed by atoms with E-state index in [0.29, 0.717) is 34.4 Å². The first kappa shape index (κ1) is 18.5. The van der Waals surface area contributed by atoms with Crippen LogP contribution in [0.25, 0.3) is 0 Å². The molecular weight excluding hydrogens is 383 g/mol. The van der Waals surface area contributed by atoms with Crippen molar-refractivity contribution < 1.29 is 13.2 Å². The van der Waals surface area contributed by atoms with Crippen LogP contribution in [0.3, 0.4) is 0 Å². The molecule has 0 saturated carbocycles. The van der Waals surface area contributed by atoms with Gasteiger partial charge in [0.15, 0.2) is 0 Å². The molecule has 1 atom stereocenters. The zero-order valence-electron chi connectivity index (χ0n) is 13.4. The van der Waals surface area contributed by atoms with Gasteiger partial charge in [-0.05, 0) is 30.5 Å². The fourth-order valence-electron chi connectivity index (χ4n) is 2.77. The first-order chi connectivity index (χ1) is 11.9. The third-order valence-corrected chi connectivity index (χ3v) is 6.38. The van der Waals surface area contributed by atoms with Crippen LogP contribution in [-0.4, -0.2) is 36.9 Å². The average Bonchev–Trinajstić information content (AvgIpc) is 2.59. The summed E-state index contributed by atoms with van der Waals surface area (Å²) in [5, 5.41) is 1.01. The molecule has 0 aliphatic carbocycles. The van der Waals surface area contributed by atoms with Gasteiger partial charge < -0.3 is 4.74 Å². The smallest absolute Gasteiger partial charge is 0.218 e. The van der Waals surface area contributed by atoms with Crippen molar-refractivity contribution in [3.8, 4) is 5.75 Å². The maximum absolute atomic E-state index is 12.7. The molecule has 0 amide bonds. The molecule has 0 radical (unpaired) electrons. The third kappa shape index (κ3) is 4.85. The van der Waals surface area contributed by atoms with Crippen molar-refractivity contribution in [3.05, 3.63) is 58.3 Å². The lowest BCUT2D eigenvalue weighted by molar-refractivity contribution is 0.129. The number of hydrogen-bond donors (Lipinski definition) is 0. The van der Waals surface area contributed by atoms with Gasteiger partial charge in [0, 0.05) is 30.0 Å². The number of nitrogens with zero attached hydrogens (tertiary/aromatic N) is 2. The first-order valence-electron chi connectivity index (χ1n) is 7.92. The molecule has 25 heavy (non-hydrogen) atoms. The quantitative estimate of drug-likeness (QED) is 0.766. The molecule has 1 fully saturated rings. The molecule has 2 aromatic rings. The first-order valence-corrected chi connectivity index (χ1v) is 10.3. The van der Waals surface area contributed by atoms with Crippen molar-refractivity contribution in [2.75, 3.05) is 13.1 Å². The van der Waals surface area contributed by atoms with Crippen molar-refractivity contribution >= 4 is 33.2 Å². The van der Waals surface area contributed by atoms with Crippen molar-refractivity contribution in [2.24, 2.45) is 0 Å². The van der Waals surface area contributed by atoms with Gasteiger partial charge in [0.1, 0.15) is 16.9 Å². The van der Waals surface area contributed by atoms with Crippen LogP contribution in [0.5, 0.6) is 5.75 Å². The van der Waals surface area contributed by atoms with Crippen molar-refractivity contribution in [2.45, 2.75) is 24.7 Å². The van der Waals surface area contributed by atoms with E-state index in [2.05, 4.69) is 4.98 Å². The maximum Gasteiger partial charge on any atom is 0.218 e. The van der Waals surface area contributed by atoms with Gasteiger partial charge in [-0.3, -0.25) is 4.98 Å². The molecule has 1 unspecified atom stereocenters. The molecule has 0 N–H and O–H groups in total. The lowest BCUT2D eigenvalue weighted by Crippen LogP contribution is -2.44. The number of benzene rings is 1. The number of hydrogen-bond acceptors (Lipinski definition) is 4. The molecule has 3 rings (SSSR count). The van der Waals surface area contributed by atoms with E-state index in [0.717, 1.165) is 12.8 Å². The summed E-state index contributed by atoms with van der Waals surface area (Å²) in [6.45, 7) is 0.814. The van der Waals surface area contributed by atoms with Gasteiger partial charge in [-0.2, -0.15) is 4.31 Å². The molecule has 5 nitrogen and oxygen atoms in total. The molecule has 1 aliphatic heterocycles. The number of piperidine rings is 1. The summed E-state index contributed by atoms with van der Waals surface area (Å²) >= 11 is 11.9. The Morgan fingerprint density at radius 3 is 2.68 bits per heavy atom. The minimum atomic E-state index is -3.42. The minimum Gasteiger partial charge on any atom is -0.487 e. The summed E-state index contributed by atoms with van der Waals surface area (Å²) < 4.78 is 32.8. The largest absolute Gasteiger partial charge is 0.487 e. The lowest BCUT2D eigenvalue weighted by Gasteiger charge is -2.32. The Balaban J connectivity index is 1.67. The molecule has 0 bridgehead atoms. The van der Waals surface area contributed by atoms with Crippen molar-refractivity contribution in [3.63, 3.8) is 0 Å². The van der Waals surface area contributed by atoms with Crippen LogP contribution in [0.2, 0.25) is 10.0 Å². The lowest BCUT2D eigenvalue weighted by atomic mass is 10.1. The topological polar surface area (TPSA) is 59.5 Å². The molecule has 1 aromatic carbocycles. The minimum absolute atomic E-state index is 0.0487. The van der Waals surface area contributed by atoms with E-state index in [9.17, 15) is 8.42 Å². The Hall–Kier alpha value is -1.34. The molecular formula is C17H18Cl2N2O3S. The van der Waals surface area contributed by atoms with Crippen LogP contribution in [0, 0.1) is 0 Å². The zero-order valence-corrected chi connectivity index (χ0v) is 15.8. The summed E-state index contributed by atoms with van der Waals surface area (Å²) in [5.74, 6) is 0.478. The number of sulfonamides is 1. The highest BCUT2D eigenvalue weighted by atomic mass is 35.5. The van der Waals surface area contributed by atoms with E-state index in [1.54, 1.807) is 36.5 Å². The molecule has 1 aliphatic rings. The van der Waals surface area contributed by atoms with E-state index in [1.165, 1.54) is 10.5 Å². The fourth-order valence-corrected chi connectivity index (χ4v) is 4.66. The van der Waals surface area contributed by atoms with Crippen LogP contribution in [0.1, 0.15) is 18.4 Å². The average molecular weight is 401 g/mol. The van der Waals surface area contributed by atoms with Crippen LogP contribution >= 0.6 is 23.2 Å². The van der Waals surface area contributed by atoms with E-state index < -0.39 is 10.0 Å². The predicted octanol–water partition coefficient (Wildman–Crippen LogP) is 3.76. The summed E-state index contributed by atoms with van der Waals surface area (Å²) in [6, 6.07) is 8.53.